The number of aryl methyl sites for hydroxylation is 1. The molecule has 1 heterocycles. The van der Waals surface area contributed by atoms with E-state index in [0.717, 1.165) is 0 Å². The quantitative estimate of drug-likeness (QED) is 0.667. The van der Waals surface area contributed by atoms with Crippen LogP contribution in [0, 0.1) is 5.92 Å². The van der Waals surface area contributed by atoms with E-state index in [1.54, 1.807) is 30.3 Å². The summed E-state index contributed by atoms with van der Waals surface area (Å²) in [6.45, 7) is 1.97. The Morgan fingerprint density at radius 2 is 1.94 bits per heavy atom. The van der Waals surface area contributed by atoms with Gasteiger partial charge in [-0.1, -0.05) is 13.0 Å². The van der Waals surface area contributed by atoms with Crippen LogP contribution in [0.15, 0.2) is 41.3 Å². The Labute approximate surface area is 181 Å². The number of amides is 2. The van der Waals surface area contributed by atoms with Crippen LogP contribution in [-0.4, -0.2) is 41.0 Å². The second-order valence-electron chi connectivity index (χ2n) is 7.15. The van der Waals surface area contributed by atoms with E-state index in [1.165, 1.54) is 25.2 Å². The third-order valence-corrected chi connectivity index (χ3v) is 6.19. The molecule has 1 aliphatic heterocycles. The molecule has 31 heavy (non-hydrogen) atoms. The molecule has 3 N–H and O–H groups in total. The van der Waals surface area contributed by atoms with E-state index in [4.69, 9.17) is 14.6 Å². The molecule has 166 valence electrons. The third-order valence-electron chi connectivity index (χ3n) is 5.19. The van der Waals surface area contributed by atoms with E-state index in [1.807, 2.05) is 6.92 Å². The van der Waals surface area contributed by atoms with Crippen LogP contribution in [0.5, 0.6) is 11.5 Å². The second kappa shape index (κ2) is 8.94. The number of methoxy groups -OCH3 is 2. The Kier molecular flexibility index (Phi) is 6.51. The van der Waals surface area contributed by atoms with Gasteiger partial charge in [0.25, 0.3) is 0 Å². The van der Waals surface area contributed by atoms with Gasteiger partial charge >= 0.3 is 0 Å². The maximum absolute atomic E-state index is 12.8. The lowest BCUT2D eigenvalue weighted by atomic mass is 10.1. The number of sulfonamides is 1. The first-order valence-electron chi connectivity index (χ1n) is 9.67. The lowest BCUT2D eigenvalue weighted by Gasteiger charge is -2.20. The van der Waals surface area contributed by atoms with Gasteiger partial charge in [-0.2, -0.15) is 0 Å². The number of primary sulfonamides is 1. The molecule has 1 atom stereocenters. The molecule has 1 unspecified atom stereocenters. The predicted molar refractivity (Wildman–Crippen MR) is 116 cm³/mol. The number of nitrogens with zero attached hydrogens (tertiary/aromatic N) is 1. The van der Waals surface area contributed by atoms with Crippen molar-refractivity contribution < 1.29 is 27.5 Å². The van der Waals surface area contributed by atoms with Crippen molar-refractivity contribution in [2.75, 3.05) is 31.0 Å². The van der Waals surface area contributed by atoms with Crippen molar-refractivity contribution in [1.82, 2.24) is 0 Å². The molecule has 9 nitrogen and oxygen atoms in total. The van der Waals surface area contributed by atoms with Crippen LogP contribution < -0.4 is 24.8 Å². The smallest absolute Gasteiger partial charge is 0.238 e. The molecule has 0 radical (unpaired) electrons. The molecule has 0 aliphatic carbocycles. The van der Waals surface area contributed by atoms with Gasteiger partial charge in [0, 0.05) is 24.7 Å². The number of carbonyl (C=O) groups is 2. The van der Waals surface area contributed by atoms with Crippen molar-refractivity contribution in [1.29, 1.82) is 0 Å². The normalized spacial score (nSPS) is 16.3. The van der Waals surface area contributed by atoms with Gasteiger partial charge in [-0.05, 0) is 36.2 Å². The van der Waals surface area contributed by atoms with Gasteiger partial charge in [0.15, 0.2) is 0 Å². The summed E-state index contributed by atoms with van der Waals surface area (Å²) in [6.07, 6.45) is 0.496. The Bertz CT molecular complexity index is 1120. The molecule has 3 rings (SSSR count). The standard InChI is InChI=1S/C21H25N3O6S/c1-4-13-5-6-15(10-19(13)31(22,27)28)23-21(26)14-9-20(25)24(12-14)17-11-16(29-2)7-8-18(17)30-3/h5-8,10-11,14H,4,9,12H2,1-3H3,(H,23,26)(H2,22,27,28). The summed E-state index contributed by atoms with van der Waals surface area (Å²) < 4.78 is 34.3. The topological polar surface area (TPSA) is 128 Å². The molecule has 0 saturated carbocycles. The maximum atomic E-state index is 12.8. The summed E-state index contributed by atoms with van der Waals surface area (Å²) in [4.78, 5) is 26.9. The first-order valence-corrected chi connectivity index (χ1v) is 11.2. The van der Waals surface area contributed by atoms with Gasteiger partial charge in [-0.15, -0.1) is 0 Å². The molecule has 1 fully saturated rings. The van der Waals surface area contributed by atoms with Gasteiger partial charge in [0.1, 0.15) is 11.5 Å². The number of hydrogen-bond donors (Lipinski definition) is 2. The van der Waals surface area contributed by atoms with Crippen LogP contribution >= 0.6 is 0 Å². The van der Waals surface area contributed by atoms with Crippen molar-refractivity contribution in [2.24, 2.45) is 11.1 Å². The number of hydrogen-bond acceptors (Lipinski definition) is 6. The van der Waals surface area contributed by atoms with Crippen LogP contribution in [-0.2, 0) is 26.0 Å². The lowest BCUT2D eigenvalue weighted by molar-refractivity contribution is -0.122. The maximum Gasteiger partial charge on any atom is 0.238 e. The van der Waals surface area contributed by atoms with Gasteiger partial charge in [0.05, 0.1) is 30.7 Å². The first-order chi connectivity index (χ1) is 14.7. The predicted octanol–water partition coefficient (Wildman–Crippen LogP) is 1.91. The number of anilines is 2. The van der Waals surface area contributed by atoms with Crippen molar-refractivity contribution >= 4 is 33.2 Å². The second-order valence-corrected chi connectivity index (χ2v) is 8.68. The van der Waals surface area contributed by atoms with E-state index in [0.29, 0.717) is 34.9 Å². The number of carbonyl (C=O) groups excluding carboxylic acids is 2. The minimum atomic E-state index is -3.93. The van der Waals surface area contributed by atoms with Crippen molar-refractivity contribution in [3.05, 3.63) is 42.0 Å². The molecule has 2 aromatic rings. The number of nitrogens with two attached hydrogens (primary N) is 1. The molecular formula is C21H25N3O6S. The number of nitrogens with one attached hydrogen (secondary N) is 1. The van der Waals surface area contributed by atoms with Crippen molar-refractivity contribution in [2.45, 2.75) is 24.7 Å². The highest BCUT2D eigenvalue weighted by Crippen LogP contribution is 2.36. The summed E-state index contributed by atoms with van der Waals surface area (Å²) in [5.41, 5.74) is 1.38. The highest BCUT2D eigenvalue weighted by Gasteiger charge is 2.36. The SMILES string of the molecule is CCc1ccc(NC(=O)C2CC(=O)N(c3cc(OC)ccc3OC)C2)cc1S(N)(=O)=O. The zero-order valence-electron chi connectivity index (χ0n) is 17.5. The first kappa shape index (κ1) is 22.6. The largest absolute Gasteiger partial charge is 0.497 e. The third kappa shape index (κ3) is 4.80. The fourth-order valence-electron chi connectivity index (χ4n) is 3.56. The van der Waals surface area contributed by atoms with Crippen LogP contribution in [0.25, 0.3) is 0 Å². The average Bonchev–Trinajstić information content (AvgIpc) is 3.14. The molecule has 2 aromatic carbocycles. The fourth-order valence-corrected chi connectivity index (χ4v) is 4.43. The summed E-state index contributed by atoms with van der Waals surface area (Å²) in [7, 11) is -0.910. The molecular weight excluding hydrogens is 422 g/mol. The summed E-state index contributed by atoms with van der Waals surface area (Å²) in [6, 6.07) is 9.66. The van der Waals surface area contributed by atoms with E-state index < -0.39 is 15.9 Å². The van der Waals surface area contributed by atoms with Gasteiger partial charge in [-0.3, -0.25) is 9.59 Å². The van der Waals surface area contributed by atoms with E-state index in [-0.39, 0.29) is 29.7 Å². The summed E-state index contributed by atoms with van der Waals surface area (Å²) >= 11 is 0. The van der Waals surface area contributed by atoms with Gasteiger partial charge in [-0.25, -0.2) is 13.6 Å². The number of ether oxygens (including phenoxy) is 2. The van der Waals surface area contributed by atoms with Gasteiger partial charge in [0.2, 0.25) is 21.8 Å². The number of rotatable bonds is 7. The van der Waals surface area contributed by atoms with E-state index in [9.17, 15) is 18.0 Å². The van der Waals surface area contributed by atoms with Crippen LogP contribution in [0.3, 0.4) is 0 Å². The van der Waals surface area contributed by atoms with E-state index in [2.05, 4.69) is 5.32 Å². The zero-order valence-corrected chi connectivity index (χ0v) is 18.4. The molecule has 0 aromatic heterocycles. The molecule has 0 spiro atoms. The minimum Gasteiger partial charge on any atom is -0.497 e. The molecule has 1 saturated heterocycles. The Balaban J connectivity index is 1.80. The Morgan fingerprint density at radius 3 is 2.55 bits per heavy atom. The van der Waals surface area contributed by atoms with Crippen LogP contribution in [0.1, 0.15) is 18.9 Å². The average molecular weight is 448 g/mol. The van der Waals surface area contributed by atoms with Crippen molar-refractivity contribution in [3.63, 3.8) is 0 Å². The van der Waals surface area contributed by atoms with Crippen LogP contribution in [0.4, 0.5) is 11.4 Å². The van der Waals surface area contributed by atoms with Crippen LogP contribution in [0.2, 0.25) is 0 Å². The van der Waals surface area contributed by atoms with Crippen molar-refractivity contribution in [3.8, 4) is 11.5 Å². The monoisotopic (exact) mass is 447 g/mol. The Morgan fingerprint density at radius 1 is 1.19 bits per heavy atom. The van der Waals surface area contributed by atoms with Gasteiger partial charge < -0.3 is 19.7 Å². The number of benzene rings is 2. The molecule has 0 bridgehead atoms. The summed E-state index contributed by atoms with van der Waals surface area (Å²) in [5, 5.41) is 7.99. The minimum absolute atomic E-state index is 0.0152. The molecule has 10 heteroatoms. The summed E-state index contributed by atoms with van der Waals surface area (Å²) in [5.74, 6) is -0.182. The Hall–Kier alpha value is -3.11. The lowest BCUT2D eigenvalue weighted by Crippen LogP contribution is -2.28. The highest BCUT2D eigenvalue weighted by molar-refractivity contribution is 7.89. The molecule has 1 aliphatic rings. The fraction of sp³-hybridized carbons (Fsp3) is 0.333. The highest BCUT2D eigenvalue weighted by atomic mass is 32.2. The van der Waals surface area contributed by atoms with E-state index >= 15 is 0 Å². The zero-order chi connectivity index (χ0) is 22.8. The molecule has 2 amide bonds.